The Kier molecular flexibility index (Phi) is 5.54. The minimum atomic E-state index is -2.92. The molecule has 26 heavy (non-hydrogen) atoms. The first-order chi connectivity index (χ1) is 12.2. The first-order valence-electron chi connectivity index (χ1n) is 7.19. The van der Waals surface area contributed by atoms with Gasteiger partial charge in [0.25, 0.3) is 11.6 Å². The molecule has 2 N–H and O–H groups in total. The number of non-ortho nitro benzene ring substituents is 1. The Bertz CT molecular complexity index is 854. The van der Waals surface area contributed by atoms with Crippen molar-refractivity contribution in [3.05, 3.63) is 45.8 Å². The maximum absolute atomic E-state index is 12.4. The van der Waals surface area contributed by atoms with Crippen molar-refractivity contribution in [2.75, 3.05) is 0 Å². The number of amides is 1. The molecule has 0 aliphatic rings. The maximum atomic E-state index is 12.4. The van der Waals surface area contributed by atoms with Crippen molar-refractivity contribution in [1.29, 1.82) is 0 Å². The van der Waals surface area contributed by atoms with Crippen molar-refractivity contribution in [1.82, 2.24) is 20.3 Å². The SMILES string of the molecule is Cc1c(C(=O)NC(CC(F)F)C(=O)O)nnn1-c1cccc([N+](=O)[O-])c1. The number of halogens is 2. The normalized spacial score (nSPS) is 12.0. The number of carboxylic acid groups (broad SMARTS) is 1. The van der Waals surface area contributed by atoms with Crippen LogP contribution in [0.3, 0.4) is 0 Å². The summed E-state index contributed by atoms with van der Waals surface area (Å²) in [5, 5.41) is 29.0. The van der Waals surface area contributed by atoms with Crippen LogP contribution in [0.4, 0.5) is 14.5 Å². The molecule has 0 spiro atoms. The summed E-state index contributed by atoms with van der Waals surface area (Å²) in [6.45, 7) is 1.43. The van der Waals surface area contributed by atoms with E-state index in [1.54, 1.807) is 0 Å². The van der Waals surface area contributed by atoms with Crippen molar-refractivity contribution in [2.45, 2.75) is 25.8 Å². The number of hydrogen-bond donors (Lipinski definition) is 2. The lowest BCUT2D eigenvalue weighted by atomic mass is 10.2. The second-order valence-electron chi connectivity index (χ2n) is 5.20. The van der Waals surface area contributed by atoms with Gasteiger partial charge in [-0.25, -0.2) is 18.3 Å². The largest absolute Gasteiger partial charge is 0.480 e. The molecule has 0 aliphatic carbocycles. The second-order valence-corrected chi connectivity index (χ2v) is 5.20. The molecule has 0 saturated carbocycles. The van der Waals surface area contributed by atoms with Crippen LogP contribution in [0.1, 0.15) is 22.6 Å². The molecule has 1 aromatic heterocycles. The second kappa shape index (κ2) is 7.63. The van der Waals surface area contributed by atoms with E-state index in [1.165, 1.54) is 31.2 Å². The maximum Gasteiger partial charge on any atom is 0.326 e. The van der Waals surface area contributed by atoms with Gasteiger partial charge in [-0.2, -0.15) is 0 Å². The van der Waals surface area contributed by atoms with Gasteiger partial charge in [-0.3, -0.25) is 14.9 Å². The number of nitro groups is 1. The molecule has 1 heterocycles. The fraction of sp³-hybridized carbons (Fsp3) is 0.286. The van der Waals surface area contributed by atoms with Gasteiger partial charge in [-0.05, 0) is 13.0 Å². The van der Waals surface area contributed by atoms with Crippen molar-refractivity contribution in [3.8, 4) is 5.69 Å². The number of aromatic nitrogens is 3. The van der Waals surface area contributed by atoms with E-state index >= 15 is 0 Å². The molecule has 12 heteroatoms. The molecular weight excluding hydrogens is 356 g/mol. The van der Waals surface area contributed by atoms with Gasteiger partial charge in [0, 0.05) is 18.6 Å². The smallest absolute Gasteiger partial charge is 0.326 e. The Balaban J connectivity index is 2.28. The number of rotatable bonds is 7. The van der Waals surface area contributed by atoms with E-state index in [-0.39, 0.29) is 22.8 Å². The molecule has 138 valence electrons. The lowest BCUT2D eigenvalue weighted by molar-refractivity contribution is -0.384. The minimum Gasteiger partial charge on any atom is -0.480 e. The van der Waals surface area contributed by atoms with Crippen LogP contribution in [0.15, 0.2) is 24.3 Å². The van der Waals surface area contributed by atoms with Crippen LogP contribution in [0.5, 0.6) is 0 Å². The number of carbonyl (C=O) groups is 2. The number of carboxylic acids is 1. The highest BCUT2D eigenvalue weighted by atomic mass is 19.3. The van der Waals surface area contributed by atoms with Crippen molar-refractivity contribution < 1.29 is 28.4 Å². The number of aliphatic carboxylic acids is 1. The van der Waals surface area contributed by atoms with Crippen LogP contribution in [-0.2, 0) is 4.79 Å². The Morgan fingerprint density at radius 1 is 1.42 bits per heavy atom. The van der Waals surface area contributed by atoms with Gasteiger partial charge in [0.1, 0.15) is 6.04 Å². The van der Waals surface area contributed by atoms with E-state index in [9.17, 15) is 28.5 Å². The number of alkyl halides is 2. The number of nitro benzene ring substituents is 1. The van der Waals surface area contributed by atoms with Crippen LogP contribution in [0.2, 0.25) is 0 Å². The zero-order valence-electron chi connectivity index (χ0n) is 13.3. The summed E-state index contributed by atoms with van der Waals surface area (Å²) in [5.74, 6) is -2.60. The summed E-state index contributed by atoms with van der Waals surface area (Å²) < 4.78 is 26.0. The Hall–Kier alpha value is -3.44. The lowest BCUT2D eigenvalue weighted by Crippen LogP contribution is -2.42. The summed E-state index contributed by atoms with van der Waals surface area (Å²) in [4.78, 5) is 33.3. The number of nitrogens with zero attached hydrogens (tertiary/aromatic N) is 4. The monoisotopic (exact) mass is 369 g/mol. The van der Waals surface area contributed by atoms with Gasteiger partial charge in [-0.15, -0.1) is 5.10 Å². The van der Waals surface area contributed by atoms with E-state index in [1.807, 2.05) is 5.32 Å². The third kappa shape index (κ3) is 4.15. The van der Waals surface area contributed by atoms with Gasteiger partial charge in [-0.1, -0.05) is 11.3 Å². The Morgan fingerprint density at radius 2 is 2.12 bits per heavy atom. The summed E-state index contributed by atoms with van der Waals surface area (Å²) in [6.07, 6.45) is -3.97. The van der Waals surface area contributed by atoms with Gasteiger partial charge in [0.05, 0.1) is 16.3 Å². The van der Waals surface area contributed by atoms with E-state index in [4.69, 9.17) is 5.11 Å². The standard InChI is InChI=1S/C14H13F2N5O5/c1-7-12(13(22)17-10(14(23)24)6-11(15)16)18-19-20(7)8-3-2-4-9(5-8)21(25)26/h2-5,10-11H,6H2,1H3,(H,17,22)(H,23,24). The summed E-state index contributed by atoms with van der Waals surface area (Å²) >= 11 is 0. The predicted molar refractivity (Wildman–Crippen MR) is 82.3 cm³/mol. The number of hydrogen-bond acceptors (Lipinski definition) is 6. The van der Waals surface area contributed by atoms with Crippen molar-refractivity contribution in [3.63, 3.8) is 0 Å². The van der Waals surface area contributed by atoms with Gasteiger partial charge in [0.15, 0.2) is 5.69 Å². The Labute approximate surface area is 144 Å². The zero-order chi connectivity index (χ0) is 19.4. The third-order valence-corrected chi connectivity index (χ3v) is 3.41. The van der Waals surface area contributed by atoms with Crippen LogP contribution in [-0.4, -0.2) is 49.4 Å². The first-order valence-corrected chi connectivity index (χ1v) is 7.19. The molecule has 1 atom stereocenters. The van der Waals surface area contributed by atoms with Crippen LogP contribution in [0, 0.1) is 17.0 Å². The molecule has 2 aromatic rings. The van der Waals surface area contributed by atoms with Crippen LogP contribution < -0.4 is 5.32 Å². The number of benzene rings is 1. The highest BCUT2D eigenvalue weighted by molar-refractivity contribution is 5.95. The highest BCUT2D eigenvalue weighted by Gasteiger charge is 2.27. The quantitative estimate of drug-likeness (QED) is 0.554. The Morgan fingerprint density at radius 3 is 2.69 bits per heavy atom. The molecule has 2 rings (SSSR count). The predicted octanol–water partition coefficient (Wildman–Crippen LogP) is 1.32. The summed E-state index contributed by atoms with van der Waals surface area (Å²) in [6, 6.07) is 3.60. The molecule has 0 radical (unpaired) electrons. The third-order valence-electron chi connectivity index (χ3n) is 3.41. The van der Waals surface area contributed by atoms with E-state index in [0.29, 0.717) is 0 Å². The van der Waals surface area contributed by atoms with Crippen LogP contribution in [0.25, 0.3) is 5.69 Å². The molecule has 1 aromatic carbocycles. The molecule has 0 aliphatic heterocycles. The summed E-state index contributed by atoms with van der Waals surface area (Å²) in [5.41, 5.74) is -0.0712. The molecule has 0 fully saturated rings. The molecule has 1 unspecified atom stereocenters. The van der Waals surface area contributed by atoms with Gasteiger partial charge < -0.3 is 10.4 Å². The molecule has 1 amide bonds. The fourth-order valence-electron chi connectivity index (χ4n) is 2.15. The van der Waals surface area contributed by atoms with Gasteiger partial charge in [0.2, 0.25) is 6.43 Å². The number of nitrogens with one attached hydrogen (secondary N) is 1. The molecule has 0 bridgehead atoms. The van der Waals surface area contributed by atoms with E-state index in [2.05, 4.69) is 10.3 Å². The van der Waals surface area contributed by atoms with Crippen molar-refractivity contribution >= 4 is 17.6 Å². The molecular formula is C14H13F2N5O5. The lowest BCUT2D eigenvalue weighted by Gasteiger charge is -2.13. The average molecular weight is 369 g/mol. The zero-order valence-corrected chi connectivity index (χ0v) is 13.3. The van der Waals surface area contributed by atoms with Crippen molar-refractivity contribution in [2.24, 2.45) is 0 Å². The minimum absolute atomic E-state index is 0.157. The van der Waals surface area contributed by atoms with E-state index in [0.717, 1.165) is 4.68 Å². The topological polar surface area (TPSA) is 140 Å². The first kappa shape index (κ1) is 18.9. The van der Waals surface area contributed by atoms with E-state index < -0.39 is 35.7 Å². The average Bonchev–Trinajstić information content (AvgIpc) is 2.95. The fourth-order valence-corrected chi connectivity index (χ4v) is 2.15. The molecule has 0 saturated heterocycles. The van der Waals surface area contributed by atoms with Crippen LogP contribution >= 0.6 is 0 Å². The highest BCUT2D eigenvalue weighted by Crippen LogP contribution is 2.18. The van der Waals surface area contributed by atoms with Gasteiger partial charge >= 0.3 is 5.97 Å². The number of carbonyl (C=O) groups excluding carboxylic acids is 1. The molecule has 10 nitrogen and oxygen atoms in total. The summed E-state index contributed by atoms with van der Waals surface area (Å²) in [7, 11) is 0.